The Morgan fingerprint density at radius 3 is 2.80 bits per heavy atom. The number of para-hydroxylation sites is 1. The number of nitrogens with one attached hydrogen (secondary N) is 1. The fraction of sp³-hybridized carbons (Fsp3) is 0.0588. The topological polar surface area (TPSA) is 81.3 Å². The predicted molar refractivity (Wildman–Crippen MR) is 94.1 cm³/mol. The number of benzene rings is 1. The normalized spacial score (nSPS) is 10.9. The van der Waals surface area contributed by atoms with Gasteiger partial charge in [-0.05, 0) is 18.2 Å². The van der Waals surface area contributed by atoms with E-state index in [1.807, 2.05) is 28.2 Å². The summed E-state index contributed by atoms with van der Waals surface area (Å²) in [5, 5.41) is 8.88. The van der Waals surface area contributed by atoms with E-state index in [4.69, 9.17) is 0 Å². The number of aromatic nitrogens is 4. The zero-order chi connectivity index (χ0) is 17.2. The highest BCUT2D eigenvalue weighted by molar-refractivity contribution is 7.15. The molecule has 0 spiro atoms. The van der Waals surface area contributed by atoms with Crippen molar-refractivity contribution in [2.24, 2.45) is 0 Å². The van der Waals surface area contributed by atoms with E-state index in [1.54, 1.807) is 24.3 Å². The highest BCUT2D eigenvalue weighted by Crippen LogP contribution is 2.11. The lowest BCUT2D eigenvalue weighted by atomic mass is 10.3. The van der Waals surface area contributed by atoms with E-state index >= 15 is 0 Å². The summed E-state index contributed by atoms with van der Waals surface area (Å²) in [6.45, 7) is 0.291. The van der Waals surface area contributed by atoms with Crippen LogP contribution in [0.25, 0.3) is 10.6 Å². The molecule has 0 radical (unpaired) electrons. The molecule has 0 aliphatic rings. The van der Waals surface area contributed by atoms with Crippen molar-refractivity contribution >= 4 is 22.2 Å². The second-order valence-corrected chi connectivity index (χ2v) is 6.18. The van der Waals surface area contributed by atoms with Gasteiger partial charge in [-0.2, -0.15) is 9.78 Å². The third-order valence-electron chi connectivity index (χ3n) is 3.61. The molecule has 4 aromatic rings. The maximum absolute atomic E-state index is 12.3. The SMILES string of the molecule is O=C(NCc1cn2ccsc2n1)c1ccc(=O)n(-c2ccccc2)n1. The first-order valence-corrected chi connectivity index (χ1v) is 8.44. The third-order valence-corrected chi connectivity index (χ3v) is 4.38. The van der Waals surface area contributed by atoms with Crippen LogP contribution in [0.15, 0.2) is 65.0 Å². The van der Waals surface area contributed by atoms with Crippen LogP contribution in [0.4, 0.5) is 0 Å². The summed E-state index contributed by atoms with van der Waals surface area (Å²) in [5.74, 6) is -0.360. The van der Waals surface area contributed by atoms with Crippen LogP contribution in [-0.4, -0.2) is 25.1 Å². The summed E-state index contributed by atoms with van der Waals surface area (Å²) >= 11 is 1.53. The van der Waals surface area contributed by atoms with E-state index in [9.17, 15) is 9.59 Å². The monoisotopic (exact) mass is 351 g/mol. The Labute approximate surface area is 146 Å². The summed E-state index contributed by atoms with van der Waals surface area (Å²) in [7, 11) is 0. The molecular weight excluding hydrogens is 338 g/mol. The standard InChI is InChI=1S/C17H13N5O2S/c23-15-7-6-14(20-22(15)13-4-2-1-3-5-13)16(24)18-10-12-11-21-8-9-25-17(21)19-12/h1-9,11H,10H2,(H,18,24). The van der Waals surface area contributed by atoms with E-state index in [0.29, 0.717) is 12.2 Å². The van der Waals surface area contributed by atoms with Gasteiger partial charge in [-0.15, -0.1) is 11.3 Å². The Hall–Kier alpha value is -3.26. The molecule has 0 unspecified atom stereocenters. The molecule has 0 atom stereocenters. The molecule has 0 aliphatic heterocycles. The molecule has 124 valence electrons. The van der Waals surface area contributed by atoms with Crippen LogP contribution in [-0.2, 0) is 6.54 Å². The van der Waals surface area contributed by atoms with Crippen molar-refractivity contribution in [3.05, 3.63) is 82.0 Å². The van der Waals surface area contributed by atoms with Gasteiger partial charge in [-0.1, -0.05) is 18.2 Å². The minimum absolute atomic E-state index is 0.171. The minimum Gasteiger partial charge on any atom is -0.345 e. The van der Waals surface area contributed by atoms with Crippen LogP contribution in [0.1, 0.15) is 16.2 Å². The van der Waals surface area contributed by atoms with E-state index in [2.05, 4.69) is 15.4 Å². The third kappa shape index (κ3) is 3.07. The Morgan fingerprint density at radius 1 is 1.16 bits per heavy atom. The van der Waals surface area contributed by atoms with Crippen LogP contribution < -0.4 is 10.9 Å². The van der Waals surface area contributed by atoms with Crippen LogP contribution >= 0.6 is 11.3 Å². The van der Waals surface area contributed by atoms with Crippen LogP contribution in [0.2, 0.25) is 0 Å². The number of thiazole rings is 1. The van der Waals surface area contributed by atoms with Gasteiger partial charge in [0.25, 0.3) is 11.5 Å². The number of rotatable bonds is 4. The van der Waals surface area contributed by atoms with Gasteiger partial charge in [0, 0.05) is 23.8 Å². The number of fused-ring (bicyclic) bond motifs is 1. The van der Waals surface area contributed by atoms with Crippen molar-refractivity contribution in [2.45, 2.75) is 6.54 Å². The largest absolute Gasteiger partial charge is 0.345 e. The Kier molecular flexibility index (Phi) is 3.87. The summed E-state index contributed by atoms with van der Waals surface area (Å²) < 4.78 is 3.11. The molecule has 7 nitrogen and oxygen atoms in total. The van der Waals surface area contributed by atoms with Crippen LogP contribution in [0.3, 0.4) is 0 Å². The zero-order valence-electron chi connectivity index (χ0n) is 13.0. The zero-order valence-corrected chi connectivity index (χ0v) is 13.8. The summed E-state index contributed by atoms with van der Waals surface area (Å²) in [5.41, 5.74) is 1.25. The average molecular weight is 351 g/mol. The molecular formula is C17H13N5O2S. The fourth-order valence-corrected chi connectivity index (χ4v) is 3.13. The Bertz CT molecular complexity index is 1070. The molecule has 1 amide bonds. The molecule has 0 bridgehead atoms. The van der Waals surface area contributed by atoms with Gasteiger partial charge in [0.2, 0.25) is 0 Å². The lowest BCUT2D eigenvalue weighted by Gasteiger charge is -2.07. The number of imidazole rings is 1. The van der Waals surface area contributed by atoms with Crippen molar-refractivity contribution in [1.82, 2.24) is 24.5 Å². The van der Waals surface area contributed by atoms with Crippen LogP contribution in [0.5, 0.6) is 0 Å². The summed E-state index contributed by atoms with van der Waals surface area (Å²) in [4.78, 5) is 29.6. The molecule has 3 aromatic heterocycles. The molecule has 1 aromatic carbocycles. The highest BCUT2D eigenvalue weighted by atomic mass is 32.1. The first-order chi connectivity index (χ1) is 12.2. The number of hydrogen-bond donors (Lipinski definition) is 1. The second kappa shape index (κ2) is 6.33. The lowest BCUT2D eigenvalue weighted by Crippen LogP contribution is -2.28. The number of amides is 1. The molecule has 0 fully saturated rings. The molecule has 8 heteroatoms. The smallest absolute Gasteiger partial charge is 0.272 e. The first kappa shape index (κ1) is 15.3. The van der Waals surface area contributed by atoms with Crippen molar-refractivity contribution in [3.8, 4) is 5.69 Å². The van der Waals surface area contributed by atoms with E-state index in [-0.39, 0.29) is 17.2 Å². The number of hydrogen-bond acceptors (Lipinski definition) is 5. The predicted octanol–water partition coefficient (Wildman–Crippen LogP) is 1.87. The van der Waals surface area contributed by atoms with Gasteiger partial charge in [0.15, 0.2) is 4.96 Å². The van der Waals surface area contributed by atoms with Gasteiger partial charge in [-0.25, -0.2) is 4.98 Å². The van der Waals surface area contributed by atoms with E-state index in [1.165, 1.54) is 28.2 Å². The molecule has 1 N–H and O–H groups in total. The van der Waals surface area contributed by atoms with Gasteiger partial charge < -0.3 is 5.32 Å². The Balaban J connectivity index is 1.54. The van der Waals surface area contributed by atoms with Gasteiger partial charge in [-0.3, -0.25) is 14.0 Å². The quantitative estimate of drug-likeness (QED) is 0.609. The molecule has 0 saturated carbocycles. The molecule has 3 heterocycles. The number of carbonyl (C=O) groups excluding carboxylic acids is 1. The molecule has 25 heavy (non-hydrogen) atoms. The molecule has 0 aliphatic carbocycles. The van der Waals surface area contributed by atoms with Crippen molar-refractivity contribution in [3.63, 3.8) is 0 Å². The van der Waals surface area contributed by atoms with Crippen LogP contribution in [0, 0.1) is 0 Å². The maximum Gasteiger partial charge on any atom is 0.272 e. The summed E-state index contributed by atoms with van der Waals surface area (Å²) in [6.07, 6.45) is 3.78. The van der Waals surface area contributed by atoms with E-state index < -0.39 is 0 Å². The van der Waals surface area contributed by atoms with Crippen molar-refractivity contribution < 1.29 is 4.79 Å². The van der Waals surface area contributed by atoms with Gasteiger partial charge >= 0.3 is 0 Å². The highest BCUT2D eigenvalue weighted by Gasteiger charge is 2.11. The lowest BCUT2D eigenvalue weighted by molar-refractivity contribution is 0.0943. The number of carbonyl (C=O) groups is 1. The minimum atomic E-state index is -0.360. The van der Waals surface area contributed by atoms with Gasteiger partial charge in [0.1, 0.15) is 5.69 Å². The van der Waals surface area contributed by atoms with Gasteiger partial charge in [0.05, 0.1) is 17.9 Å². The van der Waals surface area contributed by atoms with Crippen molar-refractivity contribution in [1.29, 1.82) is 0 Å². The molecule has 4 rings (SSSR count). The van der Waals surface area contributed by atoms with Crippen molar-refractivity contribution in [2.75, 3.05) is 0 Å². The first-order valence-electron chi connectivity index (χ1n) is 7.56. The maximum atomic E-state index is 12.3. The number of nitrogens with zero attached hydrogens (tertiary/aromatic N) is 4. The average Bonchev–Trinajstić information content (AvgIpc) is 3.22. The summed E-state index contributed by atoms with van der Waals surface area (Å²) in [6, 6.07) is 11.7. The Morgan fingerprint density at radius 2 is 2.00 bits per heavy atom. The molecule has 0 saturated heterocycles. The van der Waals surface area contributed by atoms with E-state index in [0.717, 1.165) is 10.7 Å². The fourth-order valence-electron chi connectivity index (χ4n) is 2.41. The second-order valence-electron chi connectivity index (χ2n) is 5.31.